The Hall–Kier alpha value is -1.68. The van der Waals surface area contributed by atoms with Crippen molar-refractivity contribution in [1.29, 1.82) is 0 Å². The van der Waals surface area contributed by atoms with E-state index < -0.39 is 0 Å². The molecule has 0 aliphatic carbocycles. The van der Waals surface area contributed by atoms with Crippen LogP contribution >= 0.6 is 11.6 Å². The Labute approximate surface area is 103 Å². The van der Waals surface area contributed by atoms with E-state index in [1.54, 1.807) is 0 Å². The van der Waals surface area contributed by atoms with Gasteiger partial charge in [-0.2, -0.15) is 0 Å². The first-order chi connectivity index (χ1) is 8.11. The van der Waals surface area contributed by atoms with Crippen molar-refractivity contribution in [3.8, 4) is 17.0 Å². The molecule has 0 unspecified atom stereocenters. The molecule has 0 bridgehead atoms. The van der Waals surface area contributed by atoms with Crippen LogP contribution in [-0.2, 0) is 0 Å². The summed E-state index contributed by atoms with van der Waals surface area (Å²) in [5.41, 5.74) is 1.90. The minimum Gasteiger partial charge on any atom is -0.491 e. The molecule has 0 N–H and O–H groups in total. The van der Waals surface area contributed by atoms with Crippen molar-refractivity contribution >= 4 is 11.6 Å². The molecule has 3 nitrogen and oxygen atoms in total. The Balaban J connectivity index is 2.63. The van der Waals surface area contributed by atoms with Crippen molar-refractivity contribution in [3.05, 3.63) is 41.1 Å². The normalized spacial score (nSPS) is 10.4. The molecule has 1 heterocycles. The Kier molecular flexibility index (Phi) is 3.24. The summed E-state index contributed by atoms with van der Waals surface area (Å²) < 4.78 is 18.5. The first-order valence-corrected chi connectivity index (χ1v) is 5.31. The summed E-state index contributed by atoms with van der Waals surface area (Å²) in [4.78, 5) is 7.89. The van der Waals surface area contributed by atoms with Crippen molar-refractivity contribution in [1.82, 2.24) is 9.97 Å². The lowest BCUT2D eigenvalue weighted by atomic mass is 10.1. The van der Waals surface area contributed by atoms with Gasteiger partial charge < -0.3 is 4.74 Å². The average molecular weight is 253 g/mol. The predicted molar refractivity (Wildman–Crippen MR) is 63.7 cm³/mol. The number of aromatic nitrogens is 2. The van der Waals surface area contributed by atoms with Gasteiger partial charge in [0, 0.05) is 5.56 Å². The second-order valence-corrected chi connectivity index (χ2v) is 3.92. The van der Waals surface area contributed by atoms with Crippen LogP contribution in [0.1, 0.15) is 5.56 Å². The van der Waals surface area contributed by atoms with Gasteiger partial charge in [0.05, 0.1) is 7.11 Å². The lowest BCUT2D eigenvalue weighted by molar-refractivity contribution is 0.413. The molecule has 2 aromatic rings. The number of nitrogens with zero attached hydrogens (tertiary/aromatic N) is 2. The number of halogens is 2. The van der Waals surface area contributed by atoms with Gasteiger partial charge in [0.15, 0.2) is 10.9 Å². The summed E-state index contributed by atoms with van der Waals surface area (Å²) in [7, 11) is 1.47. The maximum Gasteiger partial charge on any atom is 0.182 e. The number of rotatable bonds is 2. The van der Waals surface area contributed by atoms with E-state index in [0.717, 1.165) is 5.56 Å². The van der Waals surface area contributed by atoms with Crippen LogP contribution in [0, 0.1) is 12.7 Å². The molecule has 0 radical (unpaired) electrons. The molecule has 17 heavy (non-hydrogen) atoms. The molecule has 0 atom stereocenters. The van der Waals surface area contributed by atoms with Crippen LogP contribution < -0.4 is 4.74 Å². The highest BCUT2D eigenvalue weighted by atomic mass is 35.5. The van der Waals surface area contributed by atoms with Gasteiger partial charge in [0.25, 0.3) is 0 Å². The zero-order valence-electron chi connectivity index (χ0n) is 9.37. The lowest BCUT2D eigenvalue weighted by Gasteiger charge is -2.09. The number of ether oxygens (including phenoxy) is 1. The molecule has 0 saturated heterocycles. The van der Waals surface area contributed by atoms with Crippen molar-refractivity contribution in [2.75, 3.05) is 7.11 Å². The zero-order chi connectivity index (χ0) is 12.4. The fourth-order valence-corrected chi connectivity index (χ4v) is 1.82. The zero-order valence-corrected chi connectivity index (χ0v) is 10.1. The third kappa shape index (κ3) is 2.36. The third-order valence-electron chi connectivity index (χ3n) is 2.28. The maximum atomic E-state index is 13.3. The summed E-state index contributed by atoms with van der Waals surface area (Å²) in [5.74, 6) is 0.0240. The molecule has 0 saturated carbocycles. The maximum absolute atomic E-state index is 13.3. The molecule has 0 amide bonds. The largest absolute Gasteiger partial charge is 0.491 e. The third-order valence-corrected chi connectivity index (χ3v) is 2.55. The Morgan fingerprint density at radius 3 is 2.65 bits per heavy atom. The fourth-order valence-electron chi connectivity index (χ4n) is 1.61. The first kappa shape index (κ1) is 11.8. The van der Waals surface area contributed by atoms with Gasteiger partial charge in [0.2, 0.25) is 0 Å². The second-order valence-electron chi connectivity index (χ2n) is 3.56. The Morgan fingerprint density at radius 1 is 1.24 bits per heavy atom. The van der Waals surface area contributed by atoms with Gasteiger partial charge in [-0.15, -0.1) is 0 Å². The number of hydrogen-bond donors (Lipinski definition) is 0. The van der Waals surface area contributed by atoms with Crippen molar-refractivity contribution in [3.63, 3.8) is 0 Å². The molecule has 0 aliphatic rings. The number of methoxy groups -OCH3 is 1. The van der Waals surface area contributed by atoms with Crippen LogP contribution in [0.25, 0.3) is 11.3 Å². The molecule has 0 spiro atoms. The van der Waals surface area contributed by atoms with Crippen molar-refractivity contribution in [2.45, 2.75) is 6.92 Å². The van der Waals surface area contributed by atoms with Crippen LogP contribution in [-0.4, -0.2) is 17.1 Å². The topological polar surface area (TPSA) is 35.0 Å². The SMILES string of the molecule is COc1c(Cl)ncnc1-c1cc(C)cc(F)c1. The van der Waals surface area contributed by atoms with E-state index in [-0.39, 0.29) is 11.0 Å². The van der Waals surface area contributed by atoms with Gasteiger partial charge in [0.1, 0.15) is 17.8 Å². The fraction of sp³-hybridized carbons (Fsp3) is 0.167. The van der Waals surface area contributed by atoms with Gasteiger partial charge >= 0.3 is 0 Å². The summed E-state index contributed by atoms with van der Waals surface area (Å²) in [6.07, 6.45) is 1.32. The molecule has 88 valence electrons. The quantitative estimate of drug-likeness (QED) is 0.770. The molecule has 1 aromatic heterocycles. The van der Waals surface area contributed by atoms with Gasteiger partial charge in [-0.05, 0) is 30.7 Å². The highest BCUT2D eigenvalue weighted by Gasteiger charge is 2.13. The van der Waals surface area contributed by atoms with E-state index in [0.29, 0.717) is 17.0 Å². The molecule has 1 aromatic carbocycles. The summed E-state index contributed by atoms with van der Waals surface area (Å²) in [5, 5.41) is 0.208. The second kappa shape index (κ2) is 4.67. The predicted octanol–water partition coefficient (Wildman–Crippen LogP) is 3.25. The van der Waals surface area contributed by atoms with Crippen molar-refractivity contribution < 1.29 is 9.13 Å². The first-order valence-electron chi connectivity index (χ1n) is 4.94. The number of aryl methyl sites for hydroxylation is 1. The van der Waals surface area contributed by atoms with Crippen LogP contribution in [0.15, 0.2) is 24.5 Å². The van der Waals surface area contributed by atoms with Crippen LogP contribution in [0.5, 0.6) is 5.75 Å². The molecular weight excluding hydrogens is 243 g/mol. The summed E-state index contributed by atoms with van der Waals surface area (Å²) in [6.45, 7) is 1.81. The molecular formula is C12H10ClFN2O. The van der Waals surface area contributed by atoms with E-state index in [1.807, 2.05) is 13.0 Å². The van der Waals surface area contributed by atoms with Crippen molar-refractivity contribution in [2.24, 2.45) is 0 Å². The van der Waals surface area contributed by atoms with E-state index >= 15 is 0 Å². The minimum absolute atomic E-state index is 0.208. The Bertz CT molecular complexity index is 540. The van der Waals surface area contributed by atoms with Gasteiger partial charge in [-0.25, -0.2) is 14.4 Å². The molecule has 0 fully saturated rings. The van der Waals surface area contributed by atoms with Crippen LogP contribution in [0.4, 0.5) is 4.39 Å². The smallest absolute Gasteiger partial charge is 0.182 e. The minimum atomic E-state index is -0.322. The number of benzene rings is 1. The monoisotopic (exact) mass is 252 g/mol. The molecule has 0 aliphatic heterocycles. The van der Waals surface area contributed by atoms with E-state index in [2.05, 4.69) is 9.97 Å². The van der Waals surface area contributed by atoms with Gasteiger partial charge in [-0.1, -0.05) is 11.6 Å². The lowest BCUT2D eigenvalue weighted by Crippen LogP contribution is -1.95. The average Bonchev–Trinajstić information content (AvgIpc) is 2.27. The van der Waals surface area contributed by atoms with Gasteiger partial charge in [-0.3, -0.25) is 0 Å². The van der Waals surface area contributed by atoms with E-state index in [1.165, 1.54) is 25.6 Å². The standard InChI is InChI=1S/C12H10ClFN2O/c1-7-3-8(5-9(14)4-7)10-11(17-2)12(13)16-6-15-10/h3-6H,1-2H3. The highest BCUT2D eigenvalue weighted by molar-refractivity contribution is 6.31. The van der Waals surface area contributed by atoms with Crippen LogP contribution in [0.2, 0.25) is 5.15 Å². The number of hydrogen-bond acceptors (Lipinski definition) is 3. The highest BCUT2D eigenvalue weighted by Crippen LogP contribution is 2.33. The Morgan fingerprint density at radius 2 is 2.00 bits per heavy atom. The van der Waals surface area contributed by atoms with E-state index in [4.69, 9.17) is 16.3 Å². The molecule has 2 rings (SSSR count). The summed E-state index contributed by atoms with van der Waals surface area (Å²) in [6, 6.07) is 4.64. The summed E-state index contributed by atoms with van der Waals surface area (Å²) >= 11 is 5.89. The molecule has 5 heteroatoms. The van der Waals surface area contributed by atoms with E-state index in [9.17, 15) is 4.39 Å². The van der Waals surface area contributed by atoms with Crippen LogP contribution in [0.3, 0.4) is 0 Å².